The molecule has 1 amide bonds. The maximum atomic E-state index is 11.8. The molecule has 1 heterocycles. The maximum absolute atomic E-state index is 11.8. The lowest BCUT2D eigenvalue weighted by atomic mass is 9.79. The van der Waals surface area contributed by atoms with Gasteiger partial charge in [-0.3, -0.25) is 0 Å². The number of likely N-dealkylation sites (tertiary alicyclic amines) is 1. The number of methoxy groups -OCH3 is 1. The summed E-state index contributed by atoms with van der Waals surface area (Å²) in [6.45, 7) is 12.0. The van der Waals surface area contributed by atoms with Crippen LogP contribution < -0.4 is 4.74 Å². The number of benzene rings is 1. The first-order valence-electron chi connectivity index (χ1n) is 10.4. The lowest BCUT2D eigenvalue weighted by molar-refractivity contribution is -0.0486. The van der Waals surface area contributed by atoms with E-state index in [2.05, 4.69) is 33.9 Å². The summed E-state index contributed by atoms with van der Waals surface area (Å²) >= 11 is 0. The maximum Gasteiger partial charge on any atom is 0.407 e. The van der Waals surface area contributed by atoms with Gasteiger partial charge in [0, 0.05) is 31.2 Å². The van der Waals surface area contributed by atoms with E-state index in [0.29, 0.717) is 38.2 Å². The van der Waals surface area contributed by atoms with Crippen molar-refractivity contribution < 1.29 is 24.2 Å². The SMILES string of the molecule is COc1ccccc1C1(O)CCN(C(=O)O)C(CCCO[Si](C)(C)C(C)(C)C)C1. The van der Waals surface area contributed by atoms with Gasteiger partial charge in [0.1, 0.15) is 5.75 Å². The zero-order valence-corrected chi connectivity index (χ0v) is 19.7. The molecule has 0 aliphatic carbocycles. The Labute approximate surface area is 176 Å². The molecule has 7 heteroatoms. The predicted molar refractivity (Wildman–Crippen MR) is 117 cm³/mol. The average molecular weight is 424 g/mol. The summed E-state index contributed by atoms with van der Waals surface area (Å²) in [6.07, 6.45) is 1.22. The molecule has 0 bridgehead atoms. The number of aliphatic hydroxyl groups is 1. The van der Waals surface area contributed by atoms with Crippen molar-refractivity contribution in [3.05, 3.63) is 29.8 Å². The fourth-order valence-electron chi connectivity index (χ4n) is 3.74. The van der Waals surface area contributed by atoms with Crippen molar-refractivity contribution in [1.29, 1.82) is 0 Å². The Morgan fingerprint density at radius 3 is 2.55 bits per heavy atom. The number of carboxylic acid groups (broad SMARTS) is 1. The molecule has 2 rings (SSSR count). The molecule has 2 unspecified atom stereocenters. The third-order valence-corrected chi connectivity index (χ3v) is 11.1. The largest absolute Gasteiger partial charge is 0.496 e. The van der Waals surface area contributed by atoms with Crippen LogP contribution in [-0.2, 0) is 10.0 Å². The van der Waals surface area contributed by atoms with E-state index >= 15 is 0 Å². The number of hydrogen-bond acceptors (Lipinski definition) is 4. The van der Waals surface area contributed by atoms with Gasteiger partial charge in [-0.1, -0.05) is 39.0 Å². The van der Waals surface area contributed by atoms with Crippen LogP contribution in [0.5, 0.6) is 5.75 Å². The Bertz CT molecular complexity index is 703. The molecule has 2 N–H and O–H groups in total. The number of nitrogens with zero attached hydrogens (tertiary/aromatic N) is 1. The molecule has 164 valence electrons. The summed E-state index contributed by atoms with van der Waals surface area (Å²) in [5.74, 6) is 0.638. The van der Waals surface area contributed by atoms with Gasteiger partial charge in [-0.2, -0.15) is 0 Å². The van der Waals surface area contributed by atoms with Crippen LogP contribution >= 0.6 is 0 Å². The van der Waals surface area contributed by atoms with Crippen molar-refractivity contribution in [3.8, 4) is 5.75 Å². The molecule has 0 aromatic heterocycles. The minimum atomic E-state index is -1.82. The van der Waals surface area contributed by atoms with E-state index in [0.717, 1.165) is 12.0 Å². The summed E-state index contributed by atoms with van der Waals surface area (Å²) < 4.78 is 11.7. The first kappa shape index (κ1) is 23.7. The van der Waals surface area contributed by atoms with Gasteiger partial charge in [-0.15, -0.1) is 0 Å². The van der Waals surface area contributed by atoms with Crippen LogP contribution in [0.2, 0.25) is 18.1 Å². The van der Waals surface area contributed by atoms with Gasteiger partial charge >= 0.3 is 6.09 Å². The smallest absolute Gasteiger partial charge is 0.407 e. The molecule has 0 radical (unpaired) electrons. The van der Waals surface area contributed by atoms with Crippen molar-refractivity contribution >= 4 is 14.4 Å². The van der Waals surface area contributed by atoms with E-state index < -0.39 is 20.0 Å². The first-order valence-corrected chi connectivity index (χ1v) is 13.3. The molecule has 1 saturated heterocycles. The third kappa shape index (κ3) is 5.52. The molecule has 6 nitrogen and oxygen atoms in total. The van der Waals surface area contributed by atoms with Crippen LogP contribution in [-0.4, -0.2) is 55.8 Å². The zero-order chi connectivity index (χ0) is 21.9. The fraction of sp³-hybridized carbons (Fsp3) is 0.682. The van der Waals surface area contributed by atoms with Gasteiger partial charge < -0.3 is 24.3 Å². The van der Waals surface area contributed by atoms with Crippen LogP contribution in [0.25, 0.3) is 0 Å². The topological polar surface area (TPSA) is 79.2 Å². The van der Waals surface area contributed by atoms with Crippen LogP contribution in [0.4, 0.5) is 4.79 Å². The highest BCUT2D eigenvalue weighted by Crippen LogP contribution is 2.41. The molecule has 1 aromatic carbocycles. The number of ether oxygens (including phenoxy) is 1. The first-order chi connectivity index (χ1) is 13.4. The van der Waals surface area contributed by atoms with Crippen LogP contribution in [0.3, 0.4) is 0 Å². The molecule has 1 aliphatic heterocycles. The molecule has 1 aromatic rings. The Morgan fingerprint density at radius 2 is 1.97 bits per heavy atom. The summed E-state index contributed by atoms with van der Waals surface area (Å²) in [6, 6.07) is 7.19. The third-order valence-electron chi connectivity index (χ3n) is 6.59. The predicted octanol–water partition coefficient (Wildman–Crippen LogP) is 4.83. The van der Waals surface area contributed by atoms with Gasteiger partial charge in [0.25, 0.3) is 0 Å². The second kappa shape index (κ2) is 9.06. The second-order valence-corrected chi connectivity index (χ2v) is 14.4. The summed E-state index contributed by atoms with van der Waals surface area (Å²) in [7, 11) is -0.232. The van der Waals surface area contributed by atoms with Crippen molar-refractivity contribution in [2.45, 2.75) is 76.2 Å². The highest BCUT2D eigenvalue weighted by Gasteiger charge is 2.43. The lowest BCUT2D eigenvalue weighted by Crippen LogP contribution is -2.51. The average Bonchev–Trinajstić information content (AvgIpc) is 2.64. The molecule has 2 atom stereocenters. The quantitative estimate of drug-likeness (QED) is 0.485. The zero-order valence-electron chi connectivity index (χ0n) is 18.7. The number of para-hydroxylation sites is 1. The monoisotopic (exact) mass is 423 g/mol. The Kier molecular flexibility index (Phi) is 7.41. The molecule has 1 fully saturated rings. The molecule has 0 saturated carbocycles. The fourth-order valence-corrected chi connectivity index (χ4v) is 4.82. The van der Waals surface area contributed by atoms with Crippen molar-refractivity contribution in [3.63, 3.8) is 0 Å². The Balaban J connectivity index is 2.08. The van der Waals surface area contributed by atoms with E-state index in [4.69, 9.17) is 9.16 Å². The van der Waals surface area contributed by atoms with Gasteiger partial charge in [0.05, 0.1) is 12.7 Å². The van der Waals surface area contributed by atoms with Gasteiger partial charge in [0.2, 0.25) is 0 Å². The van der Waals surface area contributed by atoms with Crippen molar-refractivity contribution in [2.75, 3.05) is 20.3 Å². The summed E-state index contributed by atoms with van der Waals surface area (Å²) in [4.78, 5) is 13.2. The molecule has 1 aliphatic rings. The van der Waals surface area contributed by atoms with Crippen molar-refractivity contribution in [2.24, 2.45) is 0 Å². The molecule has 0 spiro atoms. The van der Waals surface area contributed by atoms with E-state index in [1.165, 1.54) is 4.90 Å². The van der Waals surface area contributed by atoms with Crippen molar-refractivity contribution in [1.82, 2.24) is 4.90 Å². The molecular weight excluding hydrogens is 386 g/mol. The highest BCUT2D eigenvalue weighted by molar-refractivity contribution is 6.74. The van der Waals surface area contributed by atoms with E-state index in [1.807, 2.05) is 24.3 Å². The van der Waals surface area contributed by atoms with E-state index in [-0.39, 0.29) is 11.1 Å². The van der Waals surface area contributed by atoms with Crippen LogP contribution in [0.15, 0.2) is 24.3 Å². The molecular formula is C22H37NO5Si. The minimum absolute atomic E-state index is 0.148. The minimum Gasteiger partial charge on any atom is -0.496 e. The van der Waals surface area contributed by atoms with Gasteiger partial charge in [-0.05, 0) is 43.5 Å². The number of rotatable bonds is 7. The van der Waals surface area contributed by atoms with E-state index in [9.17, 15) is 15.0 Å². The number of piperidine rings is 1. The molecule has 29 heavy (non-hydrogen) atoms. The number of hydrogen-bond donors (Lipinski definition) is 2. The van der Waals surface area contributed by atoms with Gasteiger partial charge in [0.15, 0.2) is 8.32 Å². The second-order valence-electron chi connectivity index (χ2n) is 9.57. The lowest BCUT2D eigenvalue weighted by Gasteiger charge is -2.43. The van der Waals surface area contributed by atoms with Crippen LogP contribution in [0, 0.1) is 0 Å². The highest BCUT2D eigenvalue weighted by atomic mass is 28.4. The summed E-state index contributed by atoms with van der Waals surface area (Å²) in [5, 5.41) is 21.2. The van der Waals surface area contributed by atoms with Crippen LogP contribution in [0.1, 0.15) is 52.0 Å². The number of carbonyl (C=O) groups is 1. The Morgan fingerprint density at radius 1 is 1.31 bits per heavy atom. The van der Waals surface area contributed by atoms with Gasteiger partial charge in [-0.25, -0.2) is 4.79 Å². The number of amides is 1. The normalized spacial score (nSPS) is 23.1. The van der Waals surface area contributed by atoms with E-state index in [1.54, 1.807) is 7.11 Å². The summed E-state index contributed by atoms with van der Waals surface area (Å²) in [5.41, 5.74) is -0.362. The Hall–Kier alpha value is -1.57. The standard InChI is InChI=1S/C22H37NO5Si/c1-21(2,3)29(5,6)28-15-9-10-17-16-22(26,13-14-23(17)20(24)25)18-11-7-8-12-19(18)27-4/h7-8,11-12,17,26H,9-10,13-16H2,1-6H3,(H,24,25).